The minimum absolute atomic E-state index is 0. The predicted molar refractivity (Wildman–Crippen MR) is 152 cm³/mol. The quantitative estimate of drug-likeness (QED) is 0.0458. The molecule has 0 saturated carbocycles. The molecule has 0 radical (unpaired) electrons. The molecule has 19 heteroatoms. The van der Waals surface area contributed by atoms with E-state index < -0.39 is 97.5 Å². The van der Waals surface area contributed by atoms with Gasteiger partial charge in [-0.3, -0.25) is 14.4 Å². The Labute approximate surface area is 336 Å². The van der Waals surface area contributed by atoms with Gasteiger partial charge in [-0.1, -0.05) is 71.1 Å². The van der Waals surface area contributed by atoms with Crippen molar-refractivity contribution in [2.24, 2.45) is 11.8 Å². The largest absolute Gasteiger partial charge is 1.00 e. The van der Waals surface area contributed by atoms with Gasteiger partial charge in [0.15, 0.2) is 0 Å². The Morgan fingerprint density at radius 1 is 0.549 bits per heavy atom. The van der Waals surface area contributed by atoms with Gasteiger partial charge in [-0.2, -0.15) is 39.5 Å². The summed E-state index contributed by atoms with van der Waals surface area (Å²) >= 11 is 0. The standard InChI is InChI=1S/C32H47F9O8.2Na/c1-2-3-4-5-7-10-13-22(24(42)16-18-26(44)45)23(25(43)17-19-27(46)47)14-11-8-6-9-12-15-28(48)49-21-20-29(33,34)30(35,36)31(37,38)32(39,40)41;;/h22-23H,2-21H2,1H3,(H,44,45)(H,46,47);;/q;2*+1/p-2. The third-order valence-corrected chi connectivity index (χ3v) is 8.12. The molecule has 0 aliphatic heterocycles. The van der Waals surface area contributed by atoms with E-state index in [9.17, 15) is 73.7 Å². The van der Waals surface area contributed by atoms with Crippen LogP contribution in [0.25, 0.3) is 0 Å². The summed E-state index contributed by atoms with van der Waals surface area (Å²) in [4.78, 5) is 59.7. The second kappa shape index (κ2) is 26.8. The van der Waals surface area contributed by atoms with Crippen LogP contribution in [0.3, 0.4) is 0 Å². The molecule has 0 bridgehead atoms. The van der Waals surface area contributed by atoms with Crippen molar-refractivity contribution in [3.05, 3.63) is 0 Å². The Balaban J connectivity index is -0.0000115. The number of hydrogen-bond acceptors (Lipinski definition) is 8. The maximum Gasteiger partial charge on any atom is 1.00 e. The molecule has 2 unspecified atom stereocenters. The topological polar surface area (TPSA) is 141 Å². The predicted octanol–water partition coefficient (Wildman–Crippen LogP) is 0.308. The van der Waals surface area contributed by atoms with E-state index in [1.54, 1.807) is 0 Å². The zero-order valence-electron chi connectivity index (χ0n) is 29.5. The van der Waals surface area contributed by atoms with Gasteiger partial charge in [0.25, 0.3) is 0 Å². The maximum atomic E-state index is 13.6. The number of aliphatic carboxylic acids is 2. The molecule has 0 rings (SSSR count). The summed E-state index contributed by atoms with van der Waals surface area (Å²) in [5.41, 5.74) is 0. The molecule has 0 aromatic heterocycles. The van der Waals surface area contributed by atoms with Gasteiger partial charge < -0.3 is 24.5 Å². The van der Waals surface area contributed by atoms with Gasteiger partial charge in [0.2, 0.25) is 0 Å². The molecule has 0 spiro atoms. The van der Waals surface area contributed by atoms with Crippen LogP contribution in [0.15, 0.2) is 0 Å². The fourth-order valence-corrected chi connectivity index (χ4v) is 5.23. The minimum Gasteiger partial charge on any atom is -0.550 e. The molecule has 286 valence electrons. The number of alkyl halides is 9. The molecule has 0 aliphatic carbocycles. The van der Waals surface area contributed by atoms with Crippen LogP contribution in [0, 0.1) is 11.8 Å². The van der Waals surface area contributed by atoms with E-state index in [-0.39, 0.29) is 84.8 Å². The Bertz CT molecular complexity index is 1060. The molecule has 0 fully saturated rings. The van der Waals surface area contributed by atoms with Gasteiger partial charge in [-0.05, 0) is 32.1 Å². The molecule has 0 saturated heterocycles. The van der Waals surface area contributed by atoms with E-state index in [0.717, 1.165) is 32.1 Å². The van der Waals surface area contributed by atoms with E-state index >= 15 is 0 Å². The Morgan fingerprint density at radius 2 is 0.941 bits per heavy atom. The van der Waals surface area contributed by atoms with Crippen LogP contribution >= 0.6 is 0 Å². The number of carbonyl (C=O) groups is 5. The zero-order valence-corrected chi connectivity index (χ0v) is 33.5. The third-order valence-electron chi connectivity index (χ3n) is 8.12. The van der Waals surface area contributed by atoms with Crippen LogP contribution in [0.5, 0.6) is 0 Å². The Kier molecular flexibility index (Phi) is 28.6. The van der Waals surface area contributed by atoms with Crippen LogP contribution in [-0.4, -0.2) is 60.0 Å². The number of Topliss-reactive ketones (excluding diaryl/α,β-unsaturated/α-hetero) is 2. The fraction of sp³-hybridized carbons (Fsp3) is 0.844. The Hall–Kier alpha value is -0.880. The van der Waals surface area contributed by atoms with Gasteiger partial charge in [-0.15, -0.1) is 0 Å². The molecular weight excluding hydrogens is 729 g/mol. The van der Waals surface area contributed by atoms with Gasteiger partial charge >= 0.3 is 89.0 Å². The Morgan fingerprint density at radius 3 is 1.33 bits per heavy atom. The van der Waals surface area contributed by atoms with Crippen LogP contribution < -0.4 is 69.3 Å². The third kappa shape index (κ3) is 20.4. The molecule has 0 heterocycles. The molecule has 2 atom stereocenters. The first-order chi connectivity index (χ1) is 22.6. The number of unbranched alkanes of at least 4 members (excludes halogenated alkanes) is 9. The summed E-state index contributed by atoms with van der Waals surface area (Å²) < 4.78 is 120. The van der Waals surface area contributed by atoms with E-state index in [1.807, 2.05) is 0 Å². The summed E-state index contributed by atoms with van der Waals surface area (Å²) in [5, 5.41) is 21.9. The van der Waals surface area contributed by atoms with Gasteiger partial charge in [0.1, 0.15) is 11.6 Å². The molecule has 8 nitrogen and oxygen atoms in total. The van der Waals surface area contributed by atoms with Crippen molar-refractivity contribution >= 4 is 29.5 Å². The average Bonchev–Trinajstić information content (AvgIpc) is 2.99. The number of carboxylic acid groups (broad SMARTS) is 2. The number of esters is 1. The molecule has 0 N–H and O–H groups in total. The normalized spacial score (nSPS) is 13.4. The fourth-order valence-electron chi connectivity index (χ4n) is 5.23. The van der Waals surface area contributed by atoms with Crippen molar-refractivity contribution in [3.63, 3.8) is 0 Å². The minimum atomic E-state index is -7.03. The average molecular weight is 775 g/mol. The van der Waals surface area contributed by atoms with E-state index in [1.165, 1.54) is 0 Å². The van der Waals surface area contributed by atoms with Crippen molar-refractivity contribution in [2.45, 2.75) is 153 Å². The van der Waals surface area contributed by atoms with E-state index in [0.29, 0.717) is 38.5 Å². The van der Waals surface area contributed by atoms with Crippen LogP contribution in [0.2, 0.25) is 0 Å². The van der Waals surface area contributed by atoms with Crippen LogP contribution in [0.1, 0.15) is 129 Å². The van der Waals surface area contributed by atoms with Gasteiger partial charge in [0, 0.05) is 43.0 Å². The number of hydrogen-bond donors (Lipinski definition) is 0. The first kappa shape index (κ1) is 54.5. The molecule has 0 aromatic rings. The number of halogens is 9. The number of carbonyl (C=O) groups excluding carboxylic acids is 5. The smallest absolute Gasteiger partial charge is 0.550 e. The van der Waals surface area contributed by atoms with Gasteiger partial charge in [-0.25, -0.2) is 0 Å². The maximum absolute atomic E-state index is 13.6. The van der Waals surface area contributed by atoms with Crippen molar-refractivity contribution in [2.75, 3.05) is 6.61 Å². The second-order valence-corrected chi connectivity index (χ2v) is 12.1. The first-order valence-corrected chi connectivity index (χ1v) is 16.4. The van der Waals surface area contributed by atoms with Crippen molar-refractivity contribution in [3.8, 4) is 0 Å². The first-order valence-electron chi connectivity index (χ1n) is 16.4. The van der Waals surface area contributed by atoms with Crippen LogP contribution in [-0.2, 0) is 28.7 Å². The molecule has 0 aliphatic rings. The second-order valence-electron chi connectivity index (χ2n) is 12.1. The van der Waals surface area contributed by atoms with Crippen molar-refractivity contribution < 1.29 is 138 Å². The SMILES string of the molecule is CCCCCCCCC(C(=O)CCC(=O)[O-])C(CCCCCCCC(=O)OCCC(F)(F)C(F)(F)C(F)(F)C(F)(F)F)C(=O)CCC(=O)[O-].[Na+].[Na+]. The van der Waals surface area contributed by atoms with Crippen LogP contribution in [0.4, 0.5) is 39.5 Å². The number of rotatable bonds is 29. The van der Waals surface area contributed by atoms with Crippen molar-refractivity contribution in [1.82, 2.24) is 0 Å². The summed E-state index contributed by atoms with van der Waals surface area (Å²) in [6, 6.07) is 0. The number of ketones is 2. The monoisotopic (exact) mass is 774 g/mol. The molecule has 0 amide bonds. The molecular formula is C32H45F9Na2O8. The summed E-state index contributed by atoms with van der Waals surface area (Å²) in [6.45, 7) is 0.514. The van der Waals surface area contributed by atoms with Crippen molar-refractivity contribution in [1.29, 1.82) is 0 Å². The number of ether oxygens (including phenoxy) is 1. The zero-order chi connectivity index (χ0) is 37.9. The molecule has 51 heavy (non-hydrogen) atoms. The van der Waals surface area contributed by atoms with E-state index in [4.69, 9.17) is 0 Å². The summed E-state index contributed by atoms with van der Waals surface area (Å²) in [6.07, 6.45) is -3.82. The summed E-state index contributed by atoms with van der Waals surface area (Å²) in [7, 11) is 0. The number of carboxylic acids is 2. The molecule has 0 aromatic carbocycles. The summed E-state index contributed by atoms with van der Waals surface area (Å²) in [5.74, 6) is -26.3. The van der Waals surface area contributed by atoms with E-state index in [2.05, 4.69) is 11.7 Å². The van der Waals surface area contributed by atoms with Gasteiger partial charge in [0.05, 0.1) is 13.0 Å².